The van der Waals surface area contributed by atoms with Crippen molar-refractivity contribution in [1.29, 1.82) is 0 Å². The summed E-state index contributed by atoms with van der Waals surface area (Å²) in [4.78, 5) is 2.09. The lowest BCUT2D eigenvalue weighted by atomic mass is 10.0. The molecule has 2 heterocycles. The van der Waals surface area contributed by atoms with Crippen LogP contribution in [0.3, 0.4) is 0 Å². The molecular formula is C44H46N4O4S2. The van der Waals surface area contributed by atoms with Gasteiger partial charge in [0, 0.05) is 32.3 Å². The van der Waals surface area contributed by atoms with E-state index in [4.69, 9.17) is 9.47 Å². The Labute approximate surface area is 325 Å². The smallest absolute Gasteiger partial charge is 0.178 e. The van der Waals surface area contributed by atoms with E-state index in [0.29, 0.717) is 24.3 Å². The maximum Gasteiger partial charge on any atom is 0.178 e. The summed E-state index contributed by atoms with van der Waals surface area (Å²) in [6, 6.07) is 42.4. The summed E-state index contributed by atoms with van der Waals surface area (Å²) in [7, 11) is 0. The first-order valence-electron chi connectivity index (χ1n) is 18.0. The Morgan fingerprint density at radius 3 is 1.26 bits per heavy atom. The third kappa shape index (κ3) is 11.6. The van der Waals surface area contributed by atoms with Gasteiger partial charge in [-0.15, -0.1) is 22.7 Å². The molecule has 0 spiro atoms. The van der Waals surface area contributed by atoms with Crippen molar-refractivity contribution in [1.82, 2.24) is 10.9 Å². The SMILES string of the molecule is OC(/C=C/c1cccs1)(NNc1ccccc1)c1ccc(OCCCCCCOc2ccc(C(O)(/C=C/c3cccs3)NNc3ccccc3)cc2)cc1. The van der Waals surface area contributed by atoms with E-state index in [-0.39, 0.29) is 0 Å². The highest BCUT2D eigenvalue weighted by molar-refractivity contribution is 7.11. The minimum Gasteiger partial charge on any atom is -0.494 e. The molecule has 6 rings (SSSR count). The highest BCUT2D eigenvalue weighted by atomic mass is 32.1. The molecule has 0 bridgehead atoms. The summed E-state index contributed by atoms with van der Waals surface area (Å²) in [5.41, 5.74) is 12.5. The molecule has 6 aromatic rings. The Bertz CT molecular complexity index is 1840. The number of benzene rings is 4. The minimum atomic E-state index is -1.45. The average Bonchev–Trinajstić information content (AvgIpc) is 3.96. The molecule has 0 fully saturated rings. The fraction of sp³-hybridized carbons (Fsp3) is 0.182. The number of rotatable bonds is 21. The molecule has 278 valence electrons. The second-order valence-corrected chi connectivity index (χ2v) is 14.6. The molecule has 2 unspecified atom stereocenters. The molecule has 10 heteroatoms. The first kappa shape index (κ1) is 38.5. The first-order valence-corrected chi connectivity index (χ1v) is 19.8. The predicted molar refractivity (Wildman–Crippen MR) is 223 cm³/mol. The molecule has 0 saturated carbocycles. The van der Waals surface area contributed by atoms with Crippen molar-refractivity contribution < 1.29 is 19.7 Å². The minimum absolute atomic E-state index is 0.606. The molecule has 2 aromatic heterocycles. The molecule has 54 heavy (non-hydrogen) atoms. The molecule has 0 radical (unpaired) electrons. The van der Waals surface area contributed by atoms with Gasteiger partial charge in [-0.1, -0.05) is 72.8 Å². The van der Waals surface area contributed by atoms with Crippen molar-refractivity contribution in [2.45, 2.75) is 37.1 Å². The summed E-state index contributed by atoms with van der Waals surface area (Å²) >= 11 is 3.22. The summed E-state index contributed by atoms with van der Waals surface area (Å²) < 4.78 is 12.0. The molecule has 0 aliphatic heterocycles. The van der Waals surface area contributed by atoms with E-state index in [1.807, 2.05) is 156 Å². The van der Waals surface area contributed by atoms with E-state index in [1.165, 1.54) is 0 Å². The van der Waals surface area contributed by atoms with Crippen LogP contribution in [0.25, 0.3) is 12.2 Å². The quantitative estimate of drug-likeness (QED) is 0.0245. The fourth-order valence-corrected chi connectivity index (χ4v) is 6.76. The molecule has 2 atom stereocenters. The summed E-state index contributed by atoms with van der Waals surface area (Å²) in [6.07, 6.45) is 11.2. The van der Waals surface area contributed by atoms with Gasteiger partial charge in [-0.2, -0.15) is 10.9 Å². The van der Waals surface area contributed by atoms with Crippen LogP contribution in [-0.2, 0) is 11.4 Å². The van der Waals surface area contributed by atoms with E-state index >= 15 is 0 Å². The van der Waals surface area contributed by atoms with Gasteiger partial charge < -0.3 is 30.5 Å². The van der Waals surface area contributed by atoms with E-state index in [1.54, 1.807) is 34.8 Å². The number of hydrogen-bond donors (Lipinski definition) is 6. The van der Waals surface area contributed by atoms with Crippen molar-refractivity contribution in [3.8, 4) is 11.5 Å². The van der Waals surface area contributed by atoms with Gasteiger partial charge >= 0.3 is 0 Å². The molecule has 4 aromatic carbocycles. The predicted octanol–water partition coefficient (Wildman–Crippen LogP) is 9.78. The lowest BCUT2D eigenvalue weighted by Crippen LogP contribution is -2.44. The Balaban J connectivity index is 0.924. The van der Waals surface area contributed by atoms with Gasteiger partial charge in [0.2, 0.25) is 0 Å². The molecular weight excluding hydrogens is 713 g/mol. The van der Waals surface area contributed by atoms with Crippen LogP contribution in [0, 0.1) is 0 Å². The normalized spacial score (nSPS) is 13.7. The van der Waals surface area contributed by atoms with Crippen LogP contribution >= 0.6 is 22.7 Å². The number of hydrogen-bond acceptors (Lipinski definition) is 10. The summed E-state index contributed by atoms with van der Waals surface area (Å²) in [6.45, 7) is 1.21. The lowest BCUT2D eigenvalue weighted by molar-refractivity contribution is 0.0601. The Morgan fingerprint density at radius 2 is 0.889 bits per heavy atom. The number of ether oxygens (including phenoxy) is 2. The van der Waals surface area contributed by atoms with E-state index in [0.717, 1.165) is 58.3 Å². The van der Waals surface area contributed by atoms with Crippen molar-refractivity contribution in [3.05, 3.63) is 177 Å². The van der Waals surface area contributed by atoms with Gasteiger partial charge in [-0.05, 0) is 121 Å². The molecule has 0 amide bonds. The highest BCUT2D eigenvalue weighted by Gasteiger charge is 2.27. The Hall–Kier alpha value is -5.20. The van der Waals surface area contributed by atoms with Crippen LogP contribution < -0.4 is 31.2 Å². The van der Waals surface area contributed by atoms with Gasteiger partial charge in [0.05, 0.1) is 13.2 Å². The fourth-order valence-electron chi connectivity index (χ4n) is 5.52. The number of para-hydroxylation sites is 2. The largest absolute Gasteiger partial charge is 0.494 e. The van der Waals surface area contributed by atoms with Gasteiger partial charge in [0.15, 0.2) is 11.4 Å². The van der Waals surface area contributed by atoms with Crippen molar-refractivity contribution in [3.63, 3.8) is 0 Å². The van der Waals surface area contributed by atoms with Crippen LogP contribution in [-0.4, -0.2) is 23.4 Å². The maximum absolute atomic E-state index is 11.6. The first-order chi connectivity index (χ1) is 26.5. The van der Waals surface area contributed by atoms with Crippen molar-refractivity contribution >= 4 is 46.2 Å². The molecule has 6 N–H and O–H groups in total. The Kier molecular flexibility index (Phi) is 14.1. The van der Waals surface area contributed by atoms with Crippen LogP contribution in [0.1, 0.15) is 46.6 Å². The highest BCUT2D eigenvalue weighted by Crippen LogP contribution is 2.27. The third-order valence-electron chi connectivity index (χ3n) is 8.57. The van der Waals surface area contributed by atoms with Gasteiger partial charge in [0.1, 0.15) is 11.5 Å². The van der Waals surface area contributed by atoms with Crippen molar-refractivity contribution in [2.75, 3.05) is 24.1 Å². The number of hydrazine groups is 2. The van der Waals surface area contributed by atoms with E-state index in [2.05, 4.69) is 21.7 Å². The van der Waals surface area contributed by atoms with Crippen molar-refractivity contribution in [2.24, 2.45) is 0 Å². The lowest BCUT2D eigenvalue weighted by Gasteiger charge is -2.27. The number of nitrogens with one attached hydrogen (secondary N) is 4. The molecule has 0 aliphatic rings. The van der Waals surface area contributed by atoms with Gasteiger partial charge in [0.25, 0.3) is 0 Å². The summed E-state index contributed by atoms with van der Waals surface area (Å²) in [5, 5.41) is 27.3. The number of anilines is 2. The monoisotopic (exact) mass is 758 g/mol. The molecule has 0 saturated heterocycles. The third-order valence-corrected chi connectivity index (χ3v) is 10.2. The zero-order valence-electron chi connectivity index (χ0n) is 29.9. The molecule has 0 aliphatic carbocycles. The van der Waals surface area contributed by atoms with Gasteiger partial charge in [-0.3, -0.25) is 0 Å². The number of thiophene rings is 2. The number of unbranched alkanes of at least 4 members (excludes halogenated alkanes) is 3. The average molecular weight is 759 g/mol. The zero-order valence-corrected chi connectivity index (χ0v) is 31.6. The standard InChI is InChI=1S/C44H46N4O4S2/c49-43(29-27-41-17-11-33-53-41,47-45-37-13-5-3-6-14-37)35-19-23-39(24-20-35)51-31-9-1-2-10-32-52-40-25-21-36(22-26-40)44(50,30-28-42-18-12-34-54-42)48-46-38-15-7-4-8-16-38/h3-8,11-30,33-34,45-50H,1-2,9-10,31-32H2/b29-27+,30-28+. The summed E-state index contributed by atoms with van der Waals surface area (Å²) in [5.74, 6) is 1.51. The Morgan fingerprint density at radius 1 is 0.481 bits per heavy atom. The zero-order chi connectivity index (χ0) is 37.3. The van der Waals surface area contributed by atoms with Crippen LogP contribution in [0.4, 0.5) is 11.4 Å². The van der Waals surface area contributed by atoms with Crippen LogP contribution in [0.15, 0.2) is 156 Å². The maximum atomic E-state index is 11.6. The topological polar surface area (TPSA) is 107 Å². The second-order valence-electron chi connectivity index (χ2n) is 12.6. The second kappa shape index (κ2) is 19.8. The number of aliphatic hydroxyl groups is 2. The van der Waals surface area contributed by atoms with E-state index in [9.17, 15) is 10.2 Å². The van der Waals surface area contributed by atoms with Crippen LogP contribution in [0.2, 0.25) is 0 Å². The van der Waals surface area contributed by atoms with Crippen LogP contribution in [0.5, 0.6) is 11.5 Å². The molecule has 8 nitrogen and oxygen atoms in total. The van der Waals surface area contributed by atoms with E-state index < -0.39 is 11.4 Å². The van der Waals surface area contributed by atoms with Gasteiger partial charge in [-0.25, -0.2) is 0 Å².